The van der Waals surface area contributed by atoms with Crippen molar-refractivity contribution in [2.24, 2.45) is 0 Å². The number of halogens is 3. The van der Waals surface area contributed by atoms with E-state index in [-0.39, 0.29) is 0 Å². The molecule has 3 rings (SSSR count). The molecule has 0 aliphatic carbocycles. The van der Waals surface area contributed by atoms with Gasteiger partial charge >= 0.3 is 0 Å². The average Bonchev–Trinajstić information content (AvgIpc) is 2.61. The van der Waals surface area contributed by atoms with Crippen molar-refractivity contribution in [3.05, 3.63) is 92.4 Å². The van der Waals surface area contributed by atoms with E-state index in [1.165, 1.54) is 5.56 Å². The Morgan fingerprint density at radius 3 is 2.31 bits per heavy atom. The molecular weight excluding hydrogens is 389 g/mol. The van der Waals surface area contributed by atoms with E-state index in [0.29, 0.717) is 34.0 Å². The molecule has 26 heavy (non-hydrogen) atoms. The molecule has 0 spiro atoms. The molecule has 3 aromatic carbocycles. The van der Waals surface area contributed by atoms with Crippen LogP contribution in [0.2, 0.25) is 15.1 Å². The molecule has 0 unspecified atom stereocenters. The number of rotatable bonds is 6. The first-order valence-electron chi connectivity index (χ1n) is 8.17. The number of hydrogen-bond donors (Lipinski definition) is 1. The topological polar surface area (TPSA) is 21.3 Å². The number of ether oxygens (including phenoxy) is 1. The van der Waals surface area contributed by atoms with Crippen molar-refractivity contribution in [2.75, 3.05) is 5.32 Å². The molecule has 0 aromatic heterocycles. The number of hydrogen-bond acceptors (Lipinski definition) is 2. The fourth-order valence-electron chi connectivity index (χ4n) is 2.54. The lowest BCUT2D eigenvalue weighted by Crippen LogP contribution is -2.05. The maximum atomic E-state index is 6.37. The Labute approximate surface area is 168 Å². The molecule has 0 bridgehead atoms. The summed E-state index contributed by atoms with van der Waals surface area (Å²) in [5.41, 5.74) is 4.02. The fourth-order valence-corrected chi connectivity index (χ4v) is 3.32. The second-order valence-corrected chi connectivity index (χ2v) is 7.23. The van der Waals surface area contributed by atoms with Crippen molar-refractivity contribution in [3.8, 4) is 5.75 Å². The SMILES string of the molecule is Cc1ccc(NCc2cc(Cl)cc(Cl)c2OCc2ccccc2Cl)cc1. The van der Waals surface area contributed by atoms with Crippen LogP contribution in [0.1, 0.15) is 16.7 Å². The quantitative estimate of drug-likeness (QED) is 0.469. The molecule has 1 N–H and O–H groups in total. The van der Waals surface area contributed by atoms with Gasteiger partial charge in [-0.25, -0.2) is 0 Å². The molecule has 2 nitrogen and oxygen atoms in total. The Morgan fingerprint density at radius 2 is 1.58 bits per heavy atom. The molecule has 0 aliphatic heterocycles. The predicted molar refractivity (Wildman–Crippen MR) is 111 cm³/mol. The zero-order valence-electron chi connectivity index (χ0n) is 14.2. The Balaban J connectivity index is 1.78. The molecule has 0 saturated carbocycles. The minimum absolute atomic E-state index is 0.332. The molecule has 3 aromatic rings. The minimum atomic E-state index is 0.332. The van der Waals surface area contributed by atoms with Crippen LogP contribution in [0.4, 0.5) is 5.69 Å². The summed E-state index contributed by atoms with van der Waals surface area (Å²) in [6, 6.07) is 19.3. The van der Waals surface area contributed by atoms with Gasteiger partial charge in [-0.3, -0.25) is 0 Å². The highest BCUT2D eigenvalue weighted by atomic mass is 35.5. The first-order chi connectivity index (χ1) is 12.5. The van der Waals surface area contributed by atoms with Crippen molar-refractivity contribution in [1.82, 2.24) is 0 Å². The van der Waals surface area contributed by atoms with E-state index in [0.717, 1.165) is 16.8 Å². The van der Waals surface area contributed by atoms with Gasteiger partial charge in [0.15, 0.2) is 0 Å². The maximum Gasteiger partial charge on any atom is 0.143 e. The van der Waals surface area contributed by atoms with Gasteiger partial charge in [-0.15, -0.1) is 0 Å². The summed E-state index contributed by atoms with van der Waals surface area (Å²) >= 11 is 18.8. The van der Waals surface area contributed by atoms with Gasteiger partial charge in [0.2, 0.25) is 0 Å². The van der Waals surface area contributed by atoms with E-state index < -0.39 is 0 Å². The van der Waals surface area contributed by atoms with Crippen LogP contribution in [0.25, 0.3) is 0 Å². The number of nitrogens with one attached hydrogen (secondary N) is 1. The van der Waals surface area contributed by atoms with Crippen LogP contribution in [-0.2, 0) is 13.2 Å². The Morgan fingerprint density at radius 1 is 0.846 bits per heavy atom. The van der Waals surface area contributed by atoms with Crippen LogP contribution < -0.4 is 10.1 Å². The molecule has 0 saturated heterocycles. The number of benzene rings is 3. The van der Waals surface area contributed by atoms with E-state index in [4.69, 9.17) is 39.5 Å². The molecule has 0 amide bonds. The van der Waals surface area contributed by atoms with E-state index in [1.807, 2.05) is 42.5 Å². The van der Waals surface area contributed by atoms with Crippen LogP contribution in [0, 0.1) is 6.92 Å². The van der Waals surface area contributed by atoms with E-state index in [9.17, 15) is 0 Å². The largest absolute Gasteiger partial charge is 0.487 e. The smallest absolute Gasteiger partial charge is 0.143 e. The van der Waals surface area contributed by atoms with Gasteiger partial charge < -0.3 is 10.1 Å². The summed E-state index contributed by atoms with van der Waals surface area (Å²) in [6.07, 6.45) is 0. The molecule has 0 heterocycles. The monoisotopic (exact) mass is 405 g/mol. The van der Waals surface area contributed by atoms with Gasteiger partial charge in [0, 0.05) is 33.4 Å². The zero-order valence-corrected chi connectivity index (χ0v) is 16.5. The summed E-state index contributed by atoms with van der Waals surface area (Å²) < 4.78 is 5.98. The summed E-state index contributed by atoms with van der Waals surface area (Å²) in [6.45, 7) is 2.93. The fraction of sp³-hybridized carbons (Fsp3) is 0.143. The van der Waals surface area contributed by atoms with Crippen molar-refractivity contribution in [3.63, 3.8) is 0 Å². The van der Waals surface area contributed by atoms with Crippen LogP contribution in [0.15, 0.2) is 60.7 Å². The highest BCUT2D eigenvalue weighted by Gasteiger charge is 2.12. The number of aryl methyl sites for hydroxylation is 1. The van der Waals surface area contributed by atoms with Gasteiger partial charge in [0.1, 0.15) is 12.4 Å². The Bertz CT molecular complexity index is 894. The van der Waals surface area contributed by atoms with Crippen molar-refractivity contribution in [2.45, 2.75) is 20.1 Å². The molecule has 0 atom stereocenters. The first kappa shape index (κ1) is 18.9. The summed E-state index contributed by atoms with van der Waals surface area (Å²) in [4.78, 5) is 0. The van der Waals surface area contributed by atoms with Gasteiger partial charge in [-0.1, -0.05) is 70.7 Å². The van der Waals surface area contributed by atoms with Gasteiger partial charge in [0.25, 0.3) is 0 Å². The molecule has 5 heteroatoms. The van der Waals surface area contributed by atoms with Crippen LogP contribution in [0.3, 0.4) is 0 Å². The zero-order chi connectivity index (χ0) is 18.5. The second kappa shape index (κ2) is 8.68. The third-order valence-electron chi connectivity index (χ3n) is 3.95. The van der Waals surface area contributed by atoms with Crippen LogP contribution >= 0.6 is 34.8 Å². The van der Waals surface area contributed by atoms with Gasteiger partial charge in [-0.2, -0.15) is 0 Å². The second-order valence-electron chi connectivity index (χ2n) is 5.98. The Hall–Kier alpha value is -1.87. The lowest BCUT2D eigenvalue weighted by Gasteiger charge is -2.16. The molecule has 134 valence electrons. The summed E-state index contributed by atoms with van der Waals surface area (Å²) in [5.74, 6) is 0.607. The van der Waals surface area contributed by atoms with E-state index >= 15 is 0 Å². The standard InChI is InChI=1S/C21H18Cl3NO/c1-14-6-8-18(9-7-14)25-12-16-10-17(22)11-20(24)21(16)26-13-15-4-2-3-5-19(15)23/h2-11,25H,12-13H2,1H3. The normalized spacial score (nSPS) is 10.6. The van der Waals surface area contributed by atoms with Crippen molar-refractivity contribution < 1.29 is 4.74 Å². The van der Waals surface area contributed by atoms with Crippen LogP contribution in [0.5, 0.6) is 5.75 Å². The van der Waals surface area contributed by atoms with E-state index in [1.54, 1.807) is 6.07 Å². The minimum Gasteiger partial charge on any atom is -0.487 e. The molecule has 0 fully saturated rings. The predicted octanol–water partition coefficient (Wildman–Crippen LogP) is 7.15. The first-order valence-corrected chi connectivity index (χ1v) is 9.31. The van der Waals surface area contributed by atoms with Crippen molar-refractivity contribution >= 4 is 40.5 Å². The van der Waals surface area contributed by atoms with Crippen LogP contribution in [-0.4, -0.2) is 0 Å². The summed E-state index contributed by atoms with van der Waals surface area (Å²) in [5, 5.41) is 5.08. The summed E-state index contributed by atoms with van der Waals surface area (Å²) in [7, 11) is 0. The van der Waals surface area contributed by atoms with Gasteiger partial charge in [0.05, 0.1) is 5.02 Å². The highest BCUT2D eigenvalue weighted by molar-refractivity contribution is 6.35. The average molecular weight is 407 g/mol. The lowest BCUT2D eigenvalue weighted by molar-refractivity contribution is 0.303. The molecule has 0 aliphatic rings. The maximum absolute atomic E-state index is 6.37. The van der Waals surface area contributed by atoms with Gasteiger partial charge in [-0.05, 0) is 37.3 Å². The number of anilines is 1. The Kier molecular flexibility index (Phi) is 6.31. The van der Waals surface area contributed by atoms with E-state index in [2.05, 4.69) is 24.4 Å². The third-order valence-corrected chi connectivity index (χ3v) is 4.82. The highest BCUT2D eigenvalue weighted by Crippen LogP contribution is 2.34. The lowest BCUT2D eigenvalue weighted by atomic mass is 10.1. The molecular formula is C21H18Cl3NO. The molecule has 0 radical (unpaired) electrons. The third kappa shape index (κ3) is 4.85. The van der Waals surface area contributed by atoms with Crippen molar-refractivity contribution in [1.29, 1.82) is 0 Å².